The van der Waals surface area contributed by atoms with E-state index in [9.17, 15) is 9.59 Å². The average molecular weight is 372 g/mol. The maximum Gasteiger partial charge on any atom is 0.310 e. The Morgan fingerprint density at radius 1 is 1.16 bits per heavy atom. The fourth-order valence-electron chi connectivity index (χ4n) is 2.23. The van der Waals surface area contributed by atoms with Gasteiger partial charge in [-0.3, -0.25) is 14.5 Å². The van der Waals surface area contributed by atoms with Crippen molar-refractivity contribution in [2.24, 2.45) is 0 Å². The highest BCUT2D eigenvalue weighted by Gasteiger charge is 2.18. The lowest BCUT2D eigenvalue weighted by Crippen LogP contribution is -2.22. The molecule has 0 saturated heterocycles. The molecule has 25 heavy (non-hydrogen) atoms. The summed E-state index contributed by atoms with van der Waals surface area (Å²) >= 11 is 2.89. The monoisotopic (exact) mass is 372 g/mol. The normalized spacial score (nSPS) is 10.4. The predicted molar refractivity (Wildman–Crippen MR) is 99.2 cm³/mol. The number of hydrogen-bond acceptors (Lipinski definition) is 6. The summed E-state index contributed by atoms with van der Waals surface area (Å²) in [4.78, 5) is 29.8. The van der Waals surface area contributed by atoms with Gasteiger partial charge < -0.3 is 4.74 Å². The number of rotatable bonds is 6. The Morgan fingerprint density at radius 2 is 1.96 bits per heavy atom. The highest BCUT2D eigenvalue weighted by molar-refractivity contribution is 7.14. The number of carbonyl (C=O) groups excluding carboxylic acids is 2. The van der Waals surface area contributed by atoms with E-state index in [0.717, 1.165) is 11.3 Å². The van der Waals surface area contributed by atoms with Crippen LogP contribution >= 0.6 is 22.7 Å². The Bertz CT molecular complexity index is 844. The zero-order chi connectivity index (χ0) is 17.6. The second-order valence-corrected chi connectivity index (χ2v) is 6.90. The molecule has 0 aliphatic heterocycles. The van der Waals surface area contributed by atoms with Crippen molar-refractivity contribution in [3.63, 3.8) is 0 Å². The third-order valence-electron chi connectivity index (χ3n) is 3.37. The number of ether oxygens (including phenoxy) is 1. The first-order valence-electron chi connectivity index (χ1n) is 7.60. The molecule has 7 heteroatoms. The molecule has 0 fully saturated rings. The zero-order valence-corrected chi connectivity index (χ0v) is 15.2. The molecule has 0 atom stereocenters. The van der Waals surface area contributed by atoms with E-state index in [2.05, 4.69) is 4.98 Å². The van der Waals surface area contributed by atoms with E-state index in [-0.39, 0.29) is 24.9 Å². The maximum absolute atomic E-state index is 12.0. The molecule has 0 unspecified atom stereocenters. The summed E-state index contributed by atoms with van der Waals surface area (Å²) in [6, 6.07) is 11.2. The molecule has 128 valence electrons. The fourth-order valence-corrected chi connectivity index (χ4v) is 3.77. The molecule has 1 amide bonds. The molecule has 0 aliphatic carbocycles. The highest BCUT2D eigenvalue weighted by Crippen LogP contribution is 2.28. The van der Waals surface area contributed by atoms with Crippen LogP contribution in [0.5, 0.6) is 0 Å². The number of carbonyl (C=O) groups is 2. The van der Waals surface area contributed by atoms with Crippen LogP contribution in [0.15, 0.2) is 52.5 Å². The number of esters is 1. The topological polar surface area (TPSA) is 59.5 Å². The number of benzene rings is 1. The summed E-state index contributed by atoms with van der Waals surface area (Å²) in [7, 11) is 0. The van der Waals surface area contributed by atoms with Crippen LogP contribution in [0.25, 0.3) is 0 Å². The SMILES string of the molecule is CC(=O)N(c1ccccc1)c1nc(COC(=O)Cc2ccsc2)cs1. The maximum atomic E-state index is 12.0. The molecule has 3 rings (SSSR count). The van der Waals surface area contributed by atoms with Gasteiger partial charge in [0.05, 0.1) is 17.8 Å². The van der Waals surface area contributed by atoms with E-state index in [4.69, 9.17) is 4.74 Å². The first kappa shape index (κ1) is 17.3. The van der Waals surface area contributed by atoms with Gasteiger partial charge in [-0.05, 0) is 34.5 Å². The average Bonchev–Trinajstić information content (AvgIpc) is 3.26. The molecular weight excluding hydrogens is 356 g/mol. The fraction of sp³-hybridized carbons (Fsp3) is 0.167. The summed E-state index contributed by atoms with van der Waals surface area (Å²) in [5.74, 6) is -0.416. The molecule has 0 radical (unpaired) electrons. The van der Waals surface area contributed by atoms with Crippen molar-refractivity contribution < 1.29 is 14.3 Å². The molecule has 1 aromatic carbocycles. The van der Waals surface area contributed by atoms with Gasteiger partial charge in [0.15, 0.2) is 5.13 Å². The Balaban J connectivity index is 1.65. The molecule has 3 aromatic rings. The summed E-state index contributed by atoms with van der Waals surface area (Å²) in [5, 5.41) is 6.20. The van der Waals surface area contributed by atoms with E-state index < -0.39 is 0 Å². The number of amides is 1. The number of hydrogen-bond donors (Lipinski definition) is 0. The number of thiophene rings is 1. The molecule has 0 N–H and O–H groups in total. The Labute approximate surface area is 153 Å². The lowest BCUT2D eigenvalue weighted by Gasteiger charge is -2.17. The van der Waals surface area contributed by atoms with Crippen molar-refractivity contribution >= 4 is 45.4 Å². The second kappa shape index (κ2) is 8.04. The van der Waals surface area contributed by atoms with Gasteiger partial charge >= 0.3 is 5.97 Å². The molecule has 2 heterocycles. The van der Waals surface area contributed by atoms with E-state index >= 15 is 0 Å². The molecule has 0 saturated carbocycles. The minimum absolute atomic E-state index is 0.0972. The van der Waals surface area contributed by atoms with Crippen molar-refractivity contribution in [2.75, 3.05) is 4.90 Å². The Hall–Kier alpha value is -2.51. The number of para-hydroxylation sites is 1. The molecule has 2 aromatic heterocycles. The highest BCUT2D eigenvalue weighted by atomic mass is 32.1. The van der Waals surface area contributed by atoms with Gasteiger partial charge in [0.1, 0.15) is 6.61 Å². The van der Waals surface area contributed by atoms with Crippen LogP contribution in [0.3, 0.4) is 0 Å². The molecule has 0 aliphatic rings. The summed E-state index contributed by atoms with van der Waals surface area (Å²) in [5.41, 5.74) is 2.33. The van der Waals surface area contributed by atoms with Crippen LogP contribution < -0.4 is 4.90 Å². The van der Waals surface area contributed by atoms with Gasteiger partial charge in [-0.1, -0.05) is 18.2 Å². The van der Waals surface area contributed by atoms with Gasteiger partial charge in [0, 0.05) is 12.3 Å². The quantitative estimate of drug-likeness (QED) is 0.609. The van der Waals surface area contributed by atoms with Gasteiger partial charge in [0.25, 0.3) is 0 Å². The third-order valence-corrected chi connectivity index (χ3v) is 4.98. The lowest BCUT2D eigenvalue weighted by atomic mass is 10.2. The number of thiazole rings is 1. The zero-order valence-electron chi connectivity index (χ0n) is 13.5. The summed E-state index contributed by atoms with van der Waals surface area (Å²) in [6.07, 6.45) is 0.254. The largest absolute Gasteiger partial charge is 0.459 e. The van der Waals surface area contributed by atoms with E-state index in [1.165, 1.54) is 18.3 Å². The number of nitrogens with zero attached hydrogens (tertiary/aromatic N) is 2. The predicted octanol–water partition coefficient (Wildman–Crippen LogP) is 4.18. The van der Waals surface area contributed by atoms with Crippen molar-refractivity contribution in [2.45, 2.75) is 20.0 Å². The van der Waals surface area contributed by atoms with Gasteiger partial charge in [-0.25, -0.2) is 4.98 Å². The van der Waals surface area contributed by atoms with Crippen molar-refractivity contribution in [1.29, 1.82) is 0 Å². The molecule has 0 spiro atoms. The van der Waals surface area contributed by atoms with Crippen LogP contribution in [-0.2, 0) is 27.4 Å². The van der Waals surface area contributed by atoms with Gasteiger partial charge in [0.2, 0.25) is 5.91 Å². The van der Waals surface area contributed by atoms with Crippen LogP contribution in [0.4, 0.5) is 10.8 Å². The van der Waals surface area contributed by atoms with Crippen LogP contribution in [0.2, 0.25) is 0 Å². The Kier molecular flexibility index (Phi) is 5.57. The van der Waals surface area contributed by atoms with Crippen molar-refractivity contribution in [1.82, 2.24) is 4.98 Å². The van der Waals surface area contributed by atoms with Gasteiger partial charge in [-0.15, -0.1) is 11.3 Å². The van der Waals surface area contributed by atoms with E-state index in [1.54, 1.807) is 21.6 Å². The van der Waals surface area contributed by atoms with Crippen molar-refractivity contribution in [3.05, 3.63) is 63.8 Å². The van der Waals surface area contributed by atoms with E-state index in [0.29, 0.717) is 10.8 Å². The molecule has 0 bridgehead atoms. The van der Waals surface area contributed by atoms with Crippen molar-refractivity contribution in [3.8, 4) is 0 Å². The van der Waals surface area contributed by atoms with Crippen LogP contribution in [0, 0.1) is 0 Å². The first-order chi connectivity index (χ1) is 12.1. The minimum Gasteiger partial charge on any atom is -0.459 e. The van der Waals surface area contributed by atoms with E-state index in [1.807, 2.05) is 47.2 Å². The van der Waals surface area contributed by atoms with Crippen LogP contribution in [0.1, 0.15) is 18.2 Å². The summed E-state index contributed by atoms with van der Waals surface area (Å²) in [6.45, 7) is 1.59. The standard InChI is InChI=1S/C18H16N2O3S2/c1-13(21)20(16-5-3-2-4-6-16)18-19-15(12-25-18)10-23-17(22)9-14-7-8-24-11-14/h2-8,11-12H,9-10H2,1H3. The third kappa shape index (κ3) is 4.52. The number of anilines is 2. The summed E-state index contributed by atoms with van der Waals surface area (Å²) < 4.78 is 5.27. The lowest BCUT2D eigenvalue weighted by molar-refractivity contribution is -0.144. The minimum atomic E-state index is -0.292. The first-order valence-corrected chi connectivity index (χ1v) is 9.42. The van der Waals surface area contributed by atoms with Crippen LogP contribution in [-0.4, -0.2) is 16.9 Å². The second-order valence-electron chi connectivity index (χ2n) is 5.28. The Morgan fingerprint density at radius 3 is 2.64 bits per heavy atom. The number of aromatic nitrogens is 1. The van der Waals surface area contributed by atoms with Gasteiger partial charge in [-0.2, -0.15) is 11.3 Å². The molecular formula is C18H16N2O3S2. The molecule has 5 nitrogen and oxygen atoms in total. The smallest absolute Gasteiger partial charge is 0.310 e.